The van der Waals surface area contributed by atoms with Gasteiger partial charge in [-0.1, -0.05) is 0 Å². The Balaban J connectivity index is 1.42. The molecule has 0 spiro atoms. The van der Waals surface area contributed by atoms with E-state index in [1.165, 1.54) is 30.7 Å². The van der Waals surface area contributed by atoms with Gasteiger partial charge in [0.1, 0.15) is 12.4 Å². The van der Waals surface area contributed by atoms with Gasteiger partial charge in [-0.05, 0) is 75.9 Å². The summed E-state index contributed by atoms with van der Waals surface area (Å²) in [5, 5.41) is 0. The molecule has 2 aliphatic rings. The van der Waals surface area contributed by atoms with Crippen molar-refractivity contribution in [3.05, 3.63) is 23.3 Å². The number of piperidine rings is 1. The number of rotatable bonds is 11. The van der Waals surface area contributed by atoms with Gasteiger partial charge in [0.15, 0.2) is 0 Å². The first-order valence-corrected chi connectivity index (χ1v) is 14.3. The zero-order valence-electron chi connectivity index (χ0n) is 22.8. The topological polar surface area (TPSA) is 82.6 Å². The summed E-state index contributed by atoms with van der Waals surface area (Å²) in [7, 11) is 3.45. The summed E-state index contributed by atoms with van der Waals surface area (Å²) in [6.45, 7) is 9.18. The maximum atomic E-state index is 13.1. The fourth-order valence-corrected chi connectivity index (χ4v) is 7.01. The lowest BCUT2D eigenvalue weighted by atomic mass is 9.98. The molecule has 1 aromatic carbocycles. The van der Waals surface area contributed by atoms with E-state index in [0.29, 0.717) is 22.8 Å². The average Bonchev–Trinajstić information content (AvgIpc) is 3.28. The van der Waals surface area contributed by atoms with Crippen LogP contribution in [0.1, 0.15) is 30.4 Å². The molecule has 0 bridgehead atoms. The number of carbonyl (C=O) groups excluding carboxylic acids is 1. The minimum atomic E-state index is -3.68. The molecule has 2 aliphatic heterocycles. The highest BCUT2D eigenvalue weighted by Gasteiger charge is 2.31. The number of hydrogen-bond donors (Lipinski definition) is 0. The van der Waals surface area contributed by atoms with Crippen molar-refractivity contribution >= 4 is 15.9 Å². The predicted molar refractivity (Wildman–Crippen MR) is 141 cm³/mol. The molecule has 1 unspecified atom stereocenters. The molecule has 0 radical (unpaired) electrons. The van der Waals surface area contributed by atoms with Crippen molar-refractivity contribution in [3.8, 4) is 5.75 Å². The zero-order chi connectivity index (χ0) is 26.5. The fraction of sp³-hybridized carbons (Fsp3) is 0.731. The van der Waals surface area contributed by atoms with Crippen LogP contribution in [0.15, 0.2) is 17.0 Å². The molecule has 9 nitrogen and oxygen atoms in total. The second-order valence-electron chi connectivity index (χ2n) is 10.4. The Hall–Kier alpha value is -1.72. The Labute approximate surface area is 217 Å². The molecule has 2 saturated heterocycles. The maximum absolute atomic E-state index is 13.1. The lowest BCUT2D eigenvalue weighted by molar-refractivity contribution is -0.136. The molecule has 0 N–H and O–H groups in total. The molecule has 2 atom stereocenters. The number of methoxy groups -OCH3 is 1. The van der Waals surface area contributed by atoms with Crippen molar-refractivity contribution in [3.63, 3.8) is 0 Å². The maximum Gasteiger partial charge on any atom is 0.248 e. The summed E-state index contributed by atoms with van der Waals surface area (Å²) in [6.07, 6.45) is 3.53. The van der Waals surface area contributed by atoms with Gasteiger partial charge in [-0.15, -0.1) is 0 Å². The highest BCUT2D eigenvalue weighted by molar-refractivity contribution is 7.89. The number of ether oxygens (including phenoxy) is 2. The fourth-order valence-electron chi connectivity index (χ4n) is 5.45. The lowest BCUT2D eigenvalue weighted by Crippen LogP contribution is -2.43. The van der Waals surface area contributed by atoms with Crippen molar-refractivity contribution in [1.29, 1.82) is 0 Å². The number of carbonyl (C=O) groups is 1. The zero-order valence-corrected chi connectivity index (χ0v) is 23.6. The second kappa shape index (κ2) is 12.7. The van der Waals surface area contributed by atoms with Crippen LogP contribution in [0.2, 0.25) is 0 Å². The first-order chi connectivity index (χ1) is 17.0. The van der Waals surface area contributed by atoms with Crippen LogP contribution in [-0.2, 0) is 19.6 Å². The summed E-state index contributed by atoms with van der Waals surface area (Å²) in [6, 6.07) is 3.64. The molecule has 2 fully saturated rings. The average molecular weight is 525 g/mol. The third-order valence-corrected chi connectivity index (χ3v) is 9.70. The summed E-state index contributed by atoms with van der Waals surface area (Å²) < 4.78 is 38.4. The SMILES string of the molecule is COc1cc(C)c(S(=O)(=O)N(C)CCOCC(=O)N(C)[C@@H]2CCN(CC3CCCN(C)C3)C2)c(C)c1. The number of aryl methyl sites for hydroxylation is 2. The van der Waals surface area contributed by atoms with E-state index in [2.05, 4.69) is 16.8 Å². The summed E-state index contributed by atoms with van der Waals surface area (Å²) in [5.74, 6) is 1.28. The number of benzene rings is 1. The van der Waals surface area contributed by atoms with Crippen LogP contribution in [0.5, 0.6) is 5.75 Å². The van der Waals surface area contributed by atoms with E-state index >= 15 is 0 Å². The normalized spacial score (nSPS) is 21.8. The van der Waals surface area contributed by atoms with E-state index < -0.39 is 10.0 Å². The molecule has 1 aromatic rings. The first-order valence-electron chi connectivity index (χ1n) is 12.9. The second-order valence-corrected chi connectivity index (χ2v) is 12.4. The van der Waals surface area contributed by atoms with Crippen LogP contribution in [-0.4, -0.2) is 120 Å². The van der Waals surface area contributed by atoms with Gasteiger partial charge in [-0.25, -0.2) is 8.42 Å². The van der Waals surface area contributed by atoms with Crippen LogP contribution >= 0.6 is 0 Å². The van der Waals surface area contributed by atoms with Gasteiger partial charge in [0.05, 0.1) is 18.6 Å². The van der Waals surface area contributed by atoms with E-state index in [1.807, 2.05) is 7.05 Å². The third kappa shape index (κ3) is 7.19. The first kappa shape index (κ1) is 28.8. The van der Waals surface area contributed by atoms with Gasteiger partial charge >= 0.3 is 0 Å². The van der Waals surface area contributed by atoms with E-state index in [4.69, 9.17) is 9.47 Å². The molecule has 0 aliphatic carbocycles. The van der Waals surface area contributed by atoms with Crippen LogP contribution < -0.4 is 4.74 Å². The van der Waals surface area contributed by atoms with E-state index in [9.17, 15) is 13.2 Å². The van der Waals surface area contributed by atoms with Gasteiger partial charge in [-0.2, -0.15) is 4.31 Å². The number of sulfonamides is 1. The van der Waals surface area contributed by atoms with Crippen molar-refractivity contribution in [2.45, 2.75) is 44.0 Å². The van der Waals surface area contributed by atoms with Gasteiger partial charge in [-0.3, -0.25) is 4.79 Å². The monoisotopic (exact) mass is 524 g/mol. The van der Waals surface area contributed by atoms with Crippen molar-refractivity contribution in [2.75, 3.05) is 80.7 Å². The summed E-state index contributed by atoms with van der Waals surface area (Å²) in [4.78, 5) is 19.7. The smallest absolute Gasteiger partial charge is 0.248 e. The number of likely N-dealkylation sites (tertiary alicyclic amines) is 2. The van der Waals surface area contributed by atoms with Crippen LogP contribution in [0.25, 0.3) is 0 Å². The Morgan fingerprint density at radius 3 is 2.44 bits per heavy atom. The standard InChI is InChI=1S/C26H44N4O5S/c1-20-14-24(34-6)15-21(2)26(20)36(32,33)28(4)12-13-35-19-25(31)29(5)23-9-11-30(18-23)17-22-8-7-10-27(3)16-22/h14-15,22-23H,7-13,16-19H2,1-6H3/t22?,23-/m1/s1. The molecule has 1 amide bonds. The van der Waals surface area contributed by atoms with E-state index in [0.717, 1.165) is 32.6 Å². The molecule has 2 heterocycles. The van der Waals surface area contributed by atoms with Crippen molar-refractivity contribution in [2.24, 2.45) is 5.92 Å². The lowest BCUT2D eigenvalue weighted by Gasteiger charge is -2.32. The quantitative estimate of drug-likeness (QED) is 0.409. The van der Waals surface area contributed by atoms with Gasteiger partial charge in [0.25, 0.3) is 0 Å². The Bertz CT molecular complexity index is 979. The van der Waals surface area contributed by atoms with Crippen molar-refractivity contribution in [1.82, 2.24) is 19.0 Å². The summed E-state index contributed by atoms with van der Waals surface area (Å²) in [5.41, 5.74) is 1.27. The molecule has 0 saturated carbocycles. The number of nitrogens with zero attached hydrogens (tertiary/aromatic N) is 4. The predicted octanol–water partition coefficient (Wildman–Crippen LogP) is 1.82. The minimum Gasteiger partial charge on any atom is -0.497 e. The molecule has 3 rings (SSSR count). The van der Waals surface area contributed by atoms with Crippen LogP contribution in [0, 0.1) is 19.8 Å². The third-order valence-electron chi connectivity index (χ3n) is 7.54. The molecule has 204 valence electrons. The van der Waals surface area contributed by atoms with Crippen LogP contribution in [0.3, 0.4) is 0 Å². The highest BCUT2D eigenvalue weighted by Crippen LogP contribution is 2.27. The number of hydrogen-bond acceptors (Lipinski definition) is 7. The molecular formula is C26H44N4O5S. The molecule has 36 heavy (non-hydrogen) atoms. The molecule has 10 heteroatoms. The molecular weight excluding hydrogens is 480 g/mol. The Morgan fingerprint density at radius 1 is 1.11 bits per heavy atom. The van der Waals surface area contributed by atoms with Crippen LogP contribution in [0.4, 0.5) is 0 Å². The van der Waals surface area contributed by atoms with Gasteiger partial charge < -0.3 is 24.2 Å². The highest BCUT2D eigenvalue weighted by atomic mass is 32.2. The summed E-state index contributed by atoms with van der Waals surface area (Å²) >= 11 is 0. The largest absolute Gasteiger partial charge is 0.497 e. The van der Waals surface area contributed by atoms with E-state index in [1.54, 1.807) is 38.0 Å². The van der Waals surface area contributed by atoms with Crippen molar-refractivity contribution < 1.29 is 22.7 Å². The molecule has 0 aromatic heterocycles. The Kier molecular flexibility index (Phi) is 10.2. The Morgan fingerprint density at radius 2 is 1.81 bits per heavy atom. The number of amides is 1. The number of likely N-dealkylation sites (N-methyl/N-ethyl adjacent to an activating group) is 2. The van der Waals surface area contributed by atoms with Gasteiger partial charge in [0, 0.05) is 52.9 Å². The van der Waals surface area contributed by atoms with E-state index in [-0.39, 0.29) is 36.6 Å². The minimum absolute atomic E-state index is 0.0467. The van der Waals surface area contributed by atoms with Gasteiger partial charge in [0.2, 0.25) is 15.9 Å².